The van der Waals surface area contributed by atoms with E-state index in [1.165, 1.54) is 18.2 Å². The molecule has 0 unspecified atom stereocenters. The second-order valence-electron chi connectivity index (χ2n) is 3.12. The number of ether oxygens (including phenoxy) is 1. The Morgan fingerprint density at radius 3 is 2.89 bits per heavy atom. The lowest BCUT2D eigenvalue weighted by Crippen LogP contribution is -2.03. The standard InChI is InChI=1S/C12H9Cl2NO3/c1-2-18-12(17)11(14)6-8-5-9(15-7-16)3-4-10(8)13/h3-6H,2H2,1H3. The van der Waals surface area contributed by atoms with Gasteiger partial charge >= 0.3 is 5.97 Å². The van der Waals surface area contributed by atoms with E-state index in [1.807, 2.05) is 0 Å². The smallest absolute Gasteiger partial charge is 0.349 e. The molecule has 0 fully saturated rings. The van der Waals surface area contributed by atoms with Crippen molar-refractivity contribution in [2.75, 3.05) is 6.61 Å². The number of carbonyl (C=O) groups excluding carboxylic acids is 2. The summed E-state index contributed by atoms with van der Waals surface area (Å²) in [6.07, 6.45) is 2.77. The molecule has 1 rings (SSSR count). The molecule has 0 heterocycles. The zero-order valence-corrected chi connectivity index (χ0v) is 11.0. The van der Waals surface area contributed by atoms with Crippen LogP contribution in [0.1, 0.15) is 12.5 Å². The van der Waals surface area contributed by atoms with Crippen molar-refractivity contribution in [2.45, 2.75) is 6.92 Å². The highest BCUT2D eigenvalue weighted by molar-refractivity contribution is 6.43. The summed E-state index contributed by atoms with van der Waals surface area (Å²) in [7, 11) is 0. The molecule has 0 aliphatic carbocycles. The molecule has 1 aromatic carbocycles. The van der Waals surface area contributed by atoms with E-state index in [1.54, 1.807) is 19.1 Å². The molecule has 0 aliphatic rings. The van der Waals surface area contributed by atoms with E-state index < -0.39 is 5.97 Å². The van der Waals surface area contributed by atoms with Crippen molar-refractivity contribution in [1.29, 1.82) is 0 Å². The maximum absolute atomic E-state index is 11.3. The zero-order valence-electron chi connectivity index (χ0n) is 9.44. The number of halogens is 2. The molecule has 6 heteroatoms. The first-order chi connectivity index (χ1) is 8.58. The first-order valence-electron chi connectivity index (χ1n) is 5.00. The Kier molecular flexibility index (Phi) is 5.59. The Hall–Kier alpha value is -1.61. The SMILES string of the molecule is CCOC(=O)C(Cl)=Cc1cc(N=C=O)ccc1Cl. The van der Waals surface area contributed by atoms with Gasteiger partial charge in [-0.15, -0.1) is 0 Å². The van der Waals surface area contributed by atoms with Crippen LogP contribution >= 0.6 is 23.2 Å². The fraction of sp³-hybridized carbons (Fsp3) is 0.167. The third kappa shape index (κ3) is 4.00. The minimum atomic E-state index is -0.639. The fourth-order valence-corrected chi connectivity index (χ4v) is 1.50. The maximum Gasteiger partial charge on any atom is 0.349 e. The summed E-state index contributed by atoms with van der Waals surface area (Å²) < 4.78 is 4.73. The highest BCUT2D eigenvalue weighted by atomic mass is 35.5. The number of nitrogens with zero attached hydrogens (tertiary/aromatic N) is 1. The lowest BCUT2D eigenvalue weighted by Gasteiger charge is -2.02. The average Bonchev–Trinajstić information content (AvgIpc) is 2.34. The number of hydrogen-bond acceptors (Lipinski definition) is 4. The Morgan fingerprint density at radius 2 is 2.28 bits per heavy atom. The minimum Gasteiger partial charge on any atom is -0.462 e. The lowest BCUT2D eigenvalue weighted by atomic mass is 10.2. The topological polar surface area (TPSA) is 55.7 Å². The molecule has 4 nitrogen and oxygen atoms in total. The number of hydrogen-bond donors (Lipinski definition) is 0. The van der Waals surface area contributed by atoms with Crippen LogP contribution in [-0.4, -0.2) is 18.7 Å². The van der Waals surface area contributed by atoms with Crippen LogP contribution in [0.2, 0.25) is 5.02 Å². The number of aliphatic imine (C=N–C) groups is 1. The molecule has 0 amide bonds. The van der Waals surface area contributed by atoms with Crippen molar-refractivity contribution in [3.63, 3.8) is 0 Å². The highest BCUT2D eigenvalue weighted by Crippen LogP contribution is 2.25. The summed E-state index contributed by atoms with van der Waals surface area (Å²) in [6.45, 7) is 1.90. The van der Waals surface area contributed by atoms with Gasteiger partial charge in [-0.05, 0) is 36.8 Å². The predicted molar refractivity (Wildman–Crippen MR) is 69.7 cm³/mol. The Balaban J connectivity index is 3.09. The minimum absolute atomic E-state index is 0.106. The molecular weight excluding hydrogens is 277 g/mol. The van der Waals surface area contributed by atoms with Gasteiger partial charge in [0.1, 0.15) is 5.03 Å². The monoisotopic (exact) mass is 285 g/mol. The van der Waals surface area contributed by atoms with Crippen LogP contribution in [0.5, 0.6) is 0 Å². The average molecular weight is 286 g/mol. The molecular formula is C12H9Cl2NO3. The molecule has 0 saturated carbocycles. The van der Waals surface area contributed by atoms with Crippen molar-refractivity contribution in [1.82, 2.24) is 0 Å². The van der Waals surface area contributed by atoms with Crippen molar-refractivity contribution in [2.24, 2.45) is 4.99 Å². The van der Waals surface area contributed by atoms with Crippen molar-refractivity contribution >= 4 is 47.0 Å². The number of carbonyl (C=O) groups is 1. The molecule has 0 spiro atoms. The summed E-state index contributed by atoms with van der Waals surface area (Å²) in [6, 6.07) is 4.59. The van der Waals surface area contributed by atoms with Gasteiger partial charge in [-0.3, -0.25) is 0 Å². The van der Waals surface area contributed by atoms with Crippen LogP contribution in [0.15, 0.2) is 28.2 Å². The van der Waals surface area contributed by atoms with Gasteiger partial charge in [0.05, 0.1) is 12.3 Å². The van der Waals surface area contributed by atoms with Crippen LogP contribution in [0, 0.1) is 0 Å². The molecule has 0 N–H and O–H groups in total. The van der Waals surface area contributed by atoms with Gasteiger partial charge in [0.25, 0.3) is 0 Å². The van der Waals surface area contributed by atoms with Crippen molar-refractivity contribution in [3.05, 3.63) is 33.8 Å². The quantitative estimate of drug-likeness (QED) is 0.368. The van der Waals surface area contributed by atoms with Gasteiger partial charge < -0.3 is 4.74 Å². The van der Waals surface area contributed by atoms with E-state index in [2.05, 4.69) is 4.99 Å². The van der Waals surface area contributed by atoms with Crippen LogP contribution in [0.25, 0.3) is 6.08 Å². The molecule has 0 aliphatic heterocycles. The van der Waals surface area contributed by atoms with Gasteiger partial charge in [-0.25, -0.2) is 9.59 Å². The van der Waals surface area contributed by atoms with Gasteiger partial charge in [0.2, 0.25) is 6.08 Å². The molecule has 94 valence electrons. The number of esters is 1. The Bertz CT molecular complexity index is 534. The molecule has 1 aromatic rings. The van der Waals surface area contributed by atoms with Crippen LogP contribution < -0.4 is 0 Å². The molecule has 0 bridgehead atoms. The third-order valence-electron chi connectivity index (χ3n) is 1.91. The second kappa shape index (κ2) is 6.97. The molecule has 0 aromatic heterocycles. The lowest BCUT2D eigenvalue weighted by molar-refractivity contribution is -0.137. The molecule has 0 saturated heterocycles. The number of rotatable bonds is 4. The molecule has 0 radical (unpaired) electrons. The van der Waals surface area contributed by atoms with Gasteiger partial charge in [-0.1, -0.05) is 23.2 Å². The molecule has 0 atom stereocenters. The van der Waals surface area contributed by atoms with E-state index in [0.717, 1.165) is 0 Å². The summed E-state index contributed by atoms with van der Waals surface area (Å²) in [5, 5.41) is 0.272. The summed E-state index contributed by atoms with van der Waals surface area (Å²) in [4.78, 5) is 24.9. The number of isocyanates is 1. The van der Waals surface area contributed by atoms with Crippen LogP contribution in [0.4, 0.5) is 5.69 Å². The Labute approximate surface area is 114 Å². The number of benzene rings is 1. The summed E-state index contributed by atoms with van der Waals surface area (Å²) in [5.74, 6) is -0.639. The first-order valence-corrected chi connectivity index (χ1v) is 5.75. The van der Waals surface area contributed by atoms with Crippen LogP contribution in [0.3, 0.4) is 0 Å². The predicted octanol–water partition coefficient (Wildman–Crippen LogP) is 3.45. The van der Waals surface area contributed by atoms with Gasteiger partial charge in [0.15, 0.2) is 0 Å². The van der Waals surface area contributed by atoms with E-state index in [-0.39, 0.29) is 11.6 Å². The van der Waals surface area contributed by atoms with E-state index in [0.29, 0.717) is 16.3 Å². The normalized spacial score (nSPS) is 10.7. The largest absolute Gasteiger partial charge is 0.462 e. The highest BCUT2D eigenvalue weighted by Gasteiger charge is 2.08. The van der Waals surface area contributed by atoms with Crippen molar-refractivity contribution < 1.29 is 14.3 Å². The first kappa shape index (κ1) is 14.5. The zero-order chi connectivity index (χ0) is 13.5. The molecule has 18 heavy (non-hydrogen) atoms. The van der Waals surface area contributed by atoms with Crippen LogP contribution in [-0.2, 0) is 14.3 Å². The van der Waals surface area contributed by atoms with E-state index in [9.17, 15) is 9.59 Å². The second-order valence-corrected chi connectivity index (χ2v) is 3.94. The van der Waals surface area contributed by atoms with Crippen molar-refractivity contribution in [3.8, 4) is 0 Å². The van der Waals surface area contributed by atoms with Gasteiger partial charge in [0, 0.05) is 5.02 Å². The van der Waals surface area contributed by atoms with E-state index >= 15 is 0 Å². The Morgan fingerprint density at radius 1 is 1.56 bits per heavy atom. The third-order valence-corrected chi connectivity index (χ3v) is 2.51. The van der Waals surface area contributed by atoms with Gasteiger partial charge in [-0.2, -0.15) is 4.99 Å². The summed E-state index contributed by atoms with van der Waals surface area (Å²) >= 11 is 11.7. The maximum atomic E-state index is 11.3. The fourth-order valence-electron chi connectivity index (χ4n) is 1.16. The van der Waals surface area contributed by atoms with E-state index in [4.69, 9.17) is 27.9 Å². The summed E-state index contributed by atoms with van der Waals surface area (Å²) in [5.41, 5.74) is 0.834.